The molecule has 1 aliphatic rings. The molecule has 0 heterocycles. The number of nitrogens with one attached hydrogen (secondary N) is 2. The summed E-state index contributed by atoms with van der Waals surface area (Å²) in [5, 5.41) is 15.9. The highest BCUT2D eigenvalue weighted by Crippen LogP contribution is 2.28. The molecule has 2 amide bonds. The van der Waals surface area contributed by atoms with Crippen molar-refractivity contribution in [1.82, 2.24) is 10.6 Å². The standard InChI is InChI=1S/C15H21ClN2O2/c16-13-6-2-1-5-12(13)7-10-17-14(20)18-15(11-19)8-3-4-9-15/h1-2,5-6,19H,3-4,7-11H2,(H2,17,18,20). The van der Waals surface area contributed by atoms with Crippen molar-refractivity contribution < 1.29 is 9.90 Å². The molecule has 0 spiro atoms. The van der Waals surface area contributed by atoms with Crippen LogP contribution in [0.1, 0.15) is 31.2 Å². The van der Waals surface area contributed by atoms with E-state index in [-0.39, 0.29) is 12.6 Å². The quantitative estimate of drug-likeness (QED) is 0.782. The van der Waals surface area contributed by atoms with E-state index in [1.165, 1.54) is 0 Å². The number of aliphatic hydroxyl groups excluding tert-OH is 1. The van der Waals surface area contributed by atoms with Crippen molar-refractivity contribution in [2.45, 2.75) is 37.6 Å². The molecule has 0 radical (unpaired) electrons. The van der Waals surface area contributed by atoms with Crippen molar-refractivity contribution in [3.05, 3.63) is 34.9 Å². The molecule has 0 bridgehead atoms. The van der Waals surface area contributed by atoms with Gasteiger partial charge in [-0.25, -0.2) is 4.79 Å². The van der Waals surface area contributed by atoms with Crippen LogP contribution in [0.15, 0.2) is 24.3 Å². The van der Waals surface area contributed by atoms with Gasteiger partial charge in [0.1, 0.15) is 0 Å². The maximum absolute atomic E-state index is 11.9. The van der Waals surface area contributed by atoms with Crippen LogP contribution in [0.25, 0.3) is 0 Å². The van der Waals surface area contributed by atoms with Gasteiger partial charge in [0, 0.05) is 11.6 Å². The summed E-state index contributed by atoms with van der Waals surface area (Å²) in [6, 6.07) is 7.40. The lowest BCUT2D eigenvalue weighted by atomic mass is 9.99. The van der Waals surface area contributed by atoms with E-state index in [0.29, 0.717) is 13.0 Å². The second-order valence-corrected chi connectivity index (χ2v) is 5.78. The smallest absolute Gasteiger partial charge is 0.315 e. The second-order valence-electron chi connectivity index (χ2n) is 5.37. The number of carbonyl (C=O) groups excluding carboxylic acids is 1. The van der Waals surface area contributed by atoms with Gasteiger partial charge in [-0.15, -0.1) is 0 Å². The SMILES string of the molecule is O=C(NCCc1ccccc1Cl)NC1(CO)CCCC1. The van der Waals surface area contributed by atoms with Crippen molar-refractivity contribution >= 4 is 17.6 Å². The van der Waals surface area contributed by atoms with E-state index in [0.717, 1.165) is 36.3 Å². The Morgan fingerprint density at radius 1 is 1.30 bits per heavy atom. The number of urea groups is 1. The molecule has 1 fully saturated rings. The zero-order valence-corrected chi connectivity index (χ0v) is 12.2. The van der Waals surface area contributed by atoms with Gasteiger partial charge in [0.05, 0.1) is 12.1 Å². The Morgan fingerprint density at radius 2 is 2.00 bits per heavy atom. The van der Waals surface area contributed by atoms with Crippen molar-refractivity contribution in [3.8, 4) is 0 Å². The average Bonchev–Trinajstić information content (AvgIpc) is 2.90. The van der Waals surface area contributed by atoms with Crippen LogP contribution in [0.4, 0.5) is 4.79 Å². The van der Waals surface area contributed by atoms with Crippen LogP contribution < -0.4 is 10.6 Å². The summed E-state index contributed by atoms with van der Waals surface area (Å²) in [7, 11) is 0. The number of hydrogen-bond acceptors (Lipinski definition) is 2. The van der Waals surface area contributed by atoms with Gasteiger partial charge in [-0.3, -0.25) is 0 Å². The Hall–Kier alpha value is -1.26. The molecule has 1 aromatic rings. The van der Waals surface area contributed by atoms with Crippen LogP contribution >= 0.6 is 11.6 Å². The van der Waals surface area contributed by atoms with E-state index in [9.17, 15) is 9.90 Å². The van der Waals surface area contributed by atoms with E-state index >= 15 is 0 Å². The highest BCUT2D eigenvalue weighted by Gasteiger charge is 2.34. The Balaban J connectivity index is 1.77. The number of aliphatic hydroxyl groups is 1. The van der Waals surface area contributed by atoms with Crippen LogP contribution in [0.5, 0.6) is 0 Å². The van der Waals surface area contributed by atoms with Gasteiger partial charge < -0.3 is 15.7 Å². The lowest BCUT2D eigenvalue weighted by molar-refractivity contribution is 0.163. The Labute approximate surface area is 124 Å². The summed E-state index contributed by atoms with van der Waals surface area (Å²) in [5.74, 6) is 0. The molecule has 0 aromatic heterocycles. The number of rotatable bonds is 5. The van der Waals surface area contributed by atoms with Gasteiger partial charge in [0.2, 0.25) is 0 Å². The highest BCUT2D eigenvalue weighted by atomic mass is 35.5. The summed E-state index contributed by atoms with van der Waals surface area (Å²) in [6.45, 7) is 0.530. The third-order valence-electron chi connectivity index (χ3n) is 3.88. The Kier molecular flexibility index (Phi) is 5.26. The van der Waals surface area contributed by atoms with Crippen LogP contribution in [-0.2, 0) is 6.42 Å². The van der Waals surface area contributed by atoms with E-state index < -0.39 is 5.54 Å². The zero-order valence-electron chi connectivity index (χ0n) is 11.5. The predicted octanol–water partition coefficient (Wildman–Crippen LogP) is 2.49. The fraction of sp³-hybridized carbons (Fsp3) is 0.533. The fourth-order valence-corrected chi connectivity index (χ4v) is 2.90. The summed E-state index contributed by atoms with van der Waals surface area (Å²) < 4.78 is 0. The maximum atomic E-state index is 11.9. The van der Waals surface area contributed by atoms with E-state index in [2.05, 4.69) is 10.6 Å². The minimum absolute atomic E-state index is 0.00489. The predicted molar refractivity (Wildman–Crippen MR) is 80.0 cm³/mol. The molecule has 1 aromatic carbocycles. The first-order valence-corrected chi connectivity index (χ1v) is 7.43. The molecule has 3 N–H and O–H groups in total. The Bertz CT molecular complexity index is 459. The minimum atomic E-state index is -0.422. The molecule has 1 aliphatic carbocycles. The fourth-order valence-electron chi connectivity index (χ4n) is 2.67. The van der Waals surface area contributed by atoms with Crippen molar-refractivity contribution in [1.29, 1.82) is 0 Å². The molecule has 0 atom stereocenters. The van der Waals surface area contributed by atoms with Crippen molar-refractivity contribution in [2.75, 3.05) is 13.2 Å². The number of halogens is 1. The first-order valence-electron chi connectivity index (χ1n) is 7.05. The second kappa shape index (κ2) is 6.95. The van der Waals surface area contributed by atoms with E-state index in [4.69, 9.17) is 11.6 Å². The number of amides is 2. The molecular weight excluding hydrogens is 276 g/mol. The first-order chi connectivity index (χ1) is 9.65. The van der Waals surface area contributed by atoms with Gasteiger partial charge in [-0.05, 0) is 30.9 Å². The van der Waals surface area contributed by atoms with E-state index in [1.807, 2.05) is 24.3 Å². The van der Waals surface area contributed by atoms with Crippen molar-refractivity contribution in [2.24, 2.45) is 0 Å². The number of carbonyl (C=O) groups is 1. The molecule has 0 unspecified atom stereocenters. The summed E-state index contributed by atoms with van der Waals surface area (Å²) in [4.78, 5) is 11.9. The number of hydrogen-bond donors (Lipinski definition) is 3. The highest BCUT2D eigenvalue weighted by molar-refractivity contribution is 6.31. The molecule has 0 saturated heterocycles. The van der Waals surface area contributed by atoms with E-state index in [1.54, 1.807) is 0 Å². The zero-order chi connectivity index (χ0) is 14.4. The normalized spacial score (nSPS) is 16.9. The first kappa shape index (κ1) is 15.1. The summed E-state index contributed by atoms with van der Waals surface area (Å²) in [5.41, 5.74) is 0.598. The average molecular weight is 297 g/mol. The van der Waals surface area contributed by atoms with Crippen LogP contribution in [0.2, 0.25) is 5.02 Å². The van der Waals surface area contributed by atoms with Crippen LogP contribution in [0.3, 0.4) is 0 Å². The van der Waals surface area contributed by atoms with Crippen LogP contribution in [0, 0.1) is 0 Å². The monoisotopic (exact) mass is 296 g/mol. The third-order valence-corrected chi connectivity index (χ3v) is 4.25. The molecule has 110 valence electrons. The molecular formula is C15H21ClN2O2. The van der Waals surface area contributed by atoms with Crippen LogP contribution in [-0.4, -0.2) is 29.8 Å². The molecule has 2 rings (SSSR count). The molecule has 5 heteroatoms. The van der Waals surface area contributed by atoms with Gasteiger partial charge in [0.25, 0.3) is 0 Å². The van der Waals surface area contributed by atoms with Gasteiger partial charge in [0.15, 0.2) is 0 Å². The van der Waals surface area contributed by atoms with Crippen molar-refractivity contribution in [3.63, 3.8) is 0 Å². The molecule has 4 nitrogen and oxygen atoms in total. The van der Waals surface area contributed by atoms with Gasteiger partial charge in [-0.1, -0.05) is 42.6 Å². The van der Waals surface area contributed by atoms with Gasteiger partial charge >= 0.3 is 6.03 Å². The third kappa shape index (κ3) is 3.87. The lowest BCUT2D eigenvalue weighted by Crippen LogP contribution is -2.53. The molecule has 20 heavy (non-hydrogen) atoms. The summed E-state index contributed by atoms with van der Waals surface area (Å²) in [6.07, 6.45) is 4.50. The largest absolute Gasteiger partial charge is 0.394 e. The number of benzene rings is 1. The summed E-state index contributed by atoms with van der Waals surface area (Å²) >= 11 is 6.06. The molecule has 0 aliphatic heterocycles. The minimum Gasteiger partial charge on any atom is -0.394 e. The topological polar surface area (TPSA) is 61.4 Å². The Morgan fingerprint density at radius 3 is 2.65 bits per heavy atom. The van der Waals surface area contributed by atoms with Gasteiger partial charge in [-0.2, -0.15) is 0 Å². The molecule has 1 saturated carbocycles. The lowest BCUT2D eigenvalue weighted by Gasteiger charge is -2.28. The maximum Gasteiger partial charge on any atom is 0.315 e.